The van der Waals surface area contributed by atoms with Crippen LogP contribution in [0.25, 0.3) is 0 Å². The van der Waals surface area contributed by atoms with Gasteiger partial charge in [0, 0.05) is 26.7 Å². The number of ether oxygens (including phenoxy) is 3. The van der Waals surface area contributed by atoms with Gasteiger partial charge >= 0.3 is 0 Å². The molecule has 0 spiro atoms. The minimum Gasteiger partial charge on any atom is -0.498 e. The molecule has 0 heterocycles. The molecule has 0 radical (unpaired) electrons. The van der Waals surface area contributed by atoms with Crippen LogP contribution in [-0.2, 0) is 19.0 Å². The third kappa shape index (κ3) is 2.08. The molecule has 0 amide bonds. The van der Waals surface area contributed by atoms with E-state index in [1.807, 2.05) is 0 Å². The van der Waals surface area contributed by atoms with Crippen molar-refractivity contribution in [3.8, 4) is 0 Å². The van der Waals surface area contributed by atoms with Crippen LogP contribution in [0.15, 0.2) is 11.8 Å². The van der Waals surface area contributed by atoms with Gasteiger partial charge in [0.05, 0.1) is 13.2 Å². The second-order valence-electron chi connectivity index (χ2n) is 2.85. The van der Waals surface area contributed by atoms with Gasteiger partial charge in [0.2, 0.25) is 0 Å². The minimum atomic E-state index is -0.271. The van der Waals surface area contributed by atoms with Gasteiger partial charge in [-0.15, -0.1) is 0 Å². The summed E-state index contributed by atoms with van der Waals surface area (Å²) in [4.78, 5) is 11.2. The SMILES string of the molecule is COC1=CC(=O)CC(OC)C1OC. The monoisotopic (exact) mass is 186 g/mol. The zero-order valence-corrected chi connectivity index (χ0v) is 8.07. The summed E-state index contributed by atoms with van der Waals surface area (Å²) in [6.45, 7) is 0. The molecule has 4 nitrogen and oxygen atoms in total. The first-order valence-electron chi connectivity index (χ1n) is 4.07. The zero-order valence-electron chi connectivity index (χ0n) is 8.07. The first-order valence-corrected chi connectivity index (χ1v) is 4.07. The second kappa shape index (κ2) is 4.39. The molecule has 1 aliphatic rings. The minimum absolute atomic E-state index is 0.0111. The van der Waals surface area contributed by atoms with Crippen LogP contribution in [0.5, 0.6) is 0 Å². The highest BCUT2D eigenvalue weighted by Gasteiger charge is 2.32. The molecule has 2 atom stereocenters. The highest BCUT2D eigenvalue weighted by atomic mass is 16.6. The molecule has 1 rings (SSSR count). The van der Waals surface area contributed by atoms with E-state index in [0.717, 1.165) is 0 Å². The van der Waals surface area contributed by atoms with Crippen molar-refractivity contribution < 1.29 is 19.0 Å². The molecule has 2 unspecified atom stereocenters. The number of hydrogen-bond acceptors (Lipinski definition) is 4. The Morgan fingerprint density at radius 1 is 1.31 bits per heavy atom. The third-order valence-electron chi connectivity index (χ3n) is 2.12. The molecular formula is C9H14O4. The first kappa shape index (κ1) is 10.2. The van der Waals surface area contributed by atoms with E-state index >= 15 is 0 Å². The van der Waals surface area contributed by atoms with Crippen LogP contribution in [0.4, 0.5) is 0 Å². The fraction of sp³-hybridized carbons (Fsp3) is 0.667. The number of ketones is 1. The van der Waals surface area contributed by atoms with Gasteiger partial charge in [0.15, 0.2) is 5.78 Å². The van der Waals surface area contributed by atoms with E-state index in [1.54, 1.807) is 14.2 Å². The van der Waals surface area contributed by atoms with Crippen molar-refractivity contribution in [2.24, 2.45) is 0 Å². The predicted octanol–water partition coefficient (Wildman–Crippen LogP) is 0.519. The van der Waals surface area contributed by atoms with Crippen molar-refractivity contribution >= 4 is 5.78 Å². The summed E-state index contributed by atoms with van der Waals surface area (Å²) in [5, 5.41) is 0. The number of carbonyl (C=O) groups is 1. The van der Waals surface area contributed by atoms with Gasteiger partial charge < -0.3 is 14.2 Å². The second-order valence-corrected chi connectivity index (χ2v) is 2.85. The molecular weight excluding hydrogens is 172 g/mol. The Morgan fingerprint density at radius 3 is 2.46 bits per heavy atom. The van der Waals surface area contributed by atoms with Crippen LogP contribution in [0.1, 0.15) is 6.42 Å². The van der Waals surface area contributed by atoms with Gasteiger partial charge in [-0.25, -0.2) is 0 Å². The van der Waals surface area contributed by atoms with Crippen molar-refractivity contribution in [2.75, 3.05) is 21.3 Å². The maximum absolute atomic E-state index is 11.2. The quantitative estimate of drug-likeness (QED) is 0.644. The Labute approximate surface area is 77.5 Å². The fourth-order valence-corrected chi connectivity index (χ4v) is 1.44. The van der Waals surface area contributed by atoms with Gasteiger partial charge in [-0.2, -0.15) is 0 Å². The lowest BCUT2D eigenvalue weighted by molar-refractivity contribution is -0.123. The summed E-state index contributed by atoms with van der Waals surface area (Å²) in [5.74, 6) is 0.544. The predicted molar refractivity (Wildman–Crippen MR) is 46.3 cm³/mol. The number of methoxy groups -OCH3 is 3. The third-order valence-corrected chi connectivity index (χ3v) is 2.12. The van der Waals surface area contributed by atoms with Crippen LogP contribution in [0.3, 0.4) is 0 Å². The lowest BCUT2D eigenvalue weighted by atomic mass is 9.98. The van der Waals surface area contributed by atoms with Gasteiger partial charge in [0.1, 0.15) is 11.9 Å². The molecule has 0 saturated carbocycles. The van der Waals surface area contributed by atoms with E-state index in [0.29, 0.717) is 12.2 Å². The van der Waals surface area contributed by atoms with E-state index in [9.17, 15) is 4.79 Å². The highest BCUT2D eigenvalue weighted by molar-refractivity contribution is 5.91. The van der Waals surface area contributed by atoms with Crippen molar-refractivity contribution in [3.63, 3.8) is 0 Å². The maximum Gasteiger partial charge on any atom is 0.161 e. The average molecular weight is 186 g/mol. The smallest absolute Gasteiger partial charge is 0.161 e. The Bertz CT molecular complexity index is 222. The van der Waals surface area contributed by atoms with Gasteiger partial charge in [-0.1, -0.05) is 0 Å². The summed E-state index contributed by atoms with van der Waals surface area (Å²) >= 11 is 0. The Morgan fingerprint density at radius 2 is 2.00 bits per heavy atom. The molecule has 1 aliphatic carbocycles. The molecule has 0 saturated heterocycles. The summed E-state index contributed by atoms with van der Waals surface area (Å²) in [7, 11) is 4.64. The van der Waals surface area contributed by atoms with Crippen LogP contribution >= 0.6 is 0 Å². The first-order chi connectivity index (χ1) is 6.22. The van der Waals surface area contributed by atoms with E-state index in [2.05, 4.69) is 0 Å². The molecule has 0 fully saturated rings. The summed E-state index contributed by atoms with van der Waals surface area (Å²) in [6.07, 6.45) is 1.30. The van der Waals surface area contributed by atoms with E-state index in [1.165, 1.54) is 13.2 Å². The average Bonchev–Trinajstić information content (AvgIpc) is 2.16. The van der Waals surface area contributed by atoms with Gasteiger partial charge in [-0.05, 0) is 0 Å². The largest absolute Gasteiger partial charge is 0.498 e. The Balaban J connectivity index is 2.84. The van der Waals surface area contributed by atoms with E-state index in [4.69, 9.17) is 14.2 Å². The molecule has 13 heavy (non-hydrogen) atoms. The summed E-state index contributed by atoms with van der Waals surface area (Å²) in [6, 6.07) is 0. The maximum atomic E-state index is 11.2. The van der Waals surface area contributed by atoms with E-state index < -0.39 is 0 Å². The summed E-state index contributed by atoms with van der Waals surface area (Å²) in [5.41, 5.74) is 0. The molecule has 4 heteroatoms. The van der Waals surface area contributed by atoms with Gasteiger partial charge in [-0.3, -0.25) is 4.79 Å². The summed E-state index contributed by atoms with van der Waals surface area (Å²) < 4.78 is 15.3. The van der Waals surface area contributed by atoms with E-state index in [-0.39, 0.29) is 18.0 Å². The highest BCUT2D eigenvalue weighted by Crippen LogP contribution is 2.21. The fourth-order valence-electron chi connectivity index (χ4n) is 1.44. The van der Waals surface area contributed by atoms with Crippen LogP contribution < -0.4 is 0 Å². The van der Waals surface area contributed by atoms with Crippen molar-refractivity contribution in [2.45, 2.75) is 18.6 Å². The van der Waals surface area contributed by atoms with Gasteiger partial charge in [0.25, 0.3) is 0 Å². The number of carbonyl (C=O) groups excluding carboxylic acids is 1. The molecule has 0 aromatic rings. The van der Waals surface area contributed by atoms with Crippen molar-refractivity contribution in [1.29, 1.82) is 0 Å². The molecule has 0 aliphatic heterocycles. The molecule has 74 valence electrons. The van der Waals surface area contributed by atoms with Crippen LogP contribution in [-0.4, -0.2) is 39.3 Å². The molecule has 0 aromatic carbocycles. The zero-order chi connectivity index (χ0) is 9.84. The number of hydrogen-bond donors (Lipinski definition) is 0. The molecule has 0 aromatic heterocycles. The standard InChI is InChI=1S/C9H14O4/c1-11-7-4-6(10)5-8(12-2)9(7)13-3/h4,8-9H,5H2,1-3H3. The topological polar surface area (TPSA) is 44.8 Å². The molecule has 0 N–H and O–H groups in total. The Hall–Kier alpha value is -0.870. The van der Waals surface area contributed by atoms with Crippen molar-refractivity contribution in [1.82, 2.24) is 0 Å². The number of rotatable bonds is 3. The lowest BCUT2D eigenvalue weighted by Crippen LogP contribution is -2.37. The normalized spacial score (nSPS) is 28.5. The lowest BCUT2D eigenvalue weighted by Gasteiger charge is -2.28. The molecule has 0 bridgehead atoms. The Kier molecular flexibility index (Phi) is 3.45. The van der Waals surface area contributed by atoms with Crippen molar-refractivity contribution in [3.05, 3.63) is 11.8 Å². The van der Waals surface area contributed by atoms with Crippen LogP contribution in [0, 0.1) is 0 Å². The number of allylic oxidation sites excluding steroid dienone is 1. The van der Waals surface area contributed by atoms with Crippen LogP contribution in [0.2, 0.25) is 0 Å².